The van der Waals surface area contributed by atoms with E-state index in [1.54, 1.807) is 36.4 Å². The molecule has 200 valence electrons. The van der Waals surface area contributed by atoms with Crippen molar-refractivity contribution >= 4 is 25.7 Å². The molecule has 37 heavy (non-hydrogen) atoms. The SMILES string of the molecule is COc1ccccc1Oc1c(NS(=O)(=O)c2ccc(C(C)(C)C)cc2)nc(S(C)(=O)=O)nc1OCCO. The van der Waals surface area contributed by atoms with Crippen LogP contribution in [-0.4, -0.2) is 58.5 Å². The number of aliphatic hydroxyl groups excluding tert-OH is 1. The summed E-state index contributed by atoms with van der Waals surface area (Å²) in [7, 11) is -6.84. The molecular formula is C24H29N3O8S2. The molecule has 0 spiro atoms. The van der Waals surface area contributed by atoms with E-state index in [4.69, 9.17) is 14.2 Å². The maximum atomic E-state index is 13.3. The van der Waals surface area contributed by atoms with Crippen molar-refractivity contribution in [2.45, 2.75) is 36.2 Å². The summed E-state index contributed by atoms with van der Waals surface area (Å²) in [5, 5.41) is 8.54. The summed E-state index contributed by atoms with van der Waals surface area (Å²) >= 11 is 0. The first kappa shape index (κ1) is 28.2. The van der Waals surface area contributed by atoms with Gasteiger partial charge in [-0.15, -0.1) is 0 Å². The number of ether oxygens (including phenoxy) is 3. The second-order valence-corrected chi connectivity index (χ2v) is 12.6. The number of nitrogens with one attached hydrogen (secondary N) is 1. The van der Waals surface area contributed by atoms with E-state index in [-0.39, 0.29) is 28.4 Å². The van der Waals surface area contributed by atoms with E-state index >= 15 is 0 Å². The van der Waals surface area contributed by atoms with Crippen LogP contribution < -0.4 is 18.9 Å². The van der Waals surface area contributed by atoms with Crippen molar-refractivity contribution in [2.75, 3.05) is 31.3 Å². The number of benzene rings is 2. The summed E-state index contributed by atoms with van der Waals surface area (Å²) in [4.78, 5) is 7.75. The molecule has 2 N–H and O–H groups in total. The fourth-order valence-corrected chi connectivity index (χ4v) is 4.62. The van der Waals surface area contributed by atoms with Crippen LogP contribution in [0.1, 0.15) is 26.3 Å². The van der Waals surface area contributed by atoms with E-state index in [1.165, 1.54) is 19.2 Å². The van der Waals surface area contributed by atoms with Gasteiger partial charge >= 0.3 is 0 Å². The van der Waals surface area contributed by atoms with E-state index in [1.807, 2.05) is 20.8 Å². The molecule has 0 aliphatic heterocycles. The van der Waals surface area contributed by atoms with Gasteiger partial charge < -0.3 is 19.3 Å². The minimum atomic E-state index is -4.26. The lowest BCUT2D eigenvalue weighted by atomic mass is 9.87. The number of nitrogens with zero attached hydrogens (tertiary/aromatic N) is 2. The van der Waals surface area contributed by atoms with Gasteiger partial charge in [-0.2, -0.15) is 9.97 Å². The van der Waals surface area contributed by atoms with E-state index < -0.39 is 43.3 Å². The van der Waals surface area contributed by atoms with Crippen LogP contribution in [0.25, 0.3) is 0 Å². The number of para-hydroxylation sites is 2. The second kappa shape index (κ2) is 10.9. The smallest absolute Gasteiger partial charge is 0.264 e. The summed E-state index contributed by atoms with van der Waals surface area (Å²) in [6.07, 6.45) is 0.864. The number of aromatic nitrogens is 2. The zero-order valence-corrected chi connectivity index (χ0v) is 22.7. The maximum Gasteiger partial charge on any atom is 0.264 e. The van der Waals surface area contributed by atoms with Crippen LogP contribution in [0.4, 0.5) is 5.82 Å². The van der Waals surface area contributed by atoms with Crippen molar-refractivity contribution in [3.63, 3.8) is 0 Å². The molecule has 3 rings (SSSR count). The van der Waals surface area contributed by atoms with Crippen molar-refractivity contribution in [1.82, 2.24) is 9.97 Å². The predicted octanol–water partition coefficient (Wildman–Crippen LogP) is 3.15. The molecule has 0 fully saturated rings. The Bertz CT molecular complexity index is 1470. The van der Waals surface area contributed by atoms with Gasteiger partial charge in [0.15, 0.2) is 17.3 Å². The van der Waals surface area contributed by atoms with E-state index in [9.17, 15) is 21.9 Å². The van der Waals surface area contributed by atoms with Gasteiger partial charge in [0.25, 0.3) is 21.1 Å². The van der Waals surface area contributed by atoms with Gasteiger partial charge in [0.05, 0.1) is 18.6 Å². The Hall–Kier alpha value is -3.42. The van der Waals surface area contributed by atoms with Crippen molar-refractivity contribution in [2.24, 2.45) is 0 Å². The predicted molar refractivity (Wildman–Crippen MR) is 137 cm³/mol. The largest absolute Gasteiger partial charge is 0.493 e. The van der Waals surface area contributed by atoms with E-state index in [0.717, 1.165) is 11.8 Å². The van der Waals surface area contributed by atoms with Gasteiger partial charge in [-0.3, -0.25) is 4.72 Å². The fourth-order valence-electron chi connectivity index (χ4n) is 3.11. The summed E-state index contributed by atoms with van der Waals surface area (Å²) in [5.41, 5.74) is 0.731. The third-order valence-electron chi connectivity index (χ3n) is 5.02. The molecule has 0 radical (unpaired) electrons. The van der Waals surface area contributed by atoms with E-state index in [2.05, 4.69) is 14.7 Å². The third kappa shape index (κ3) is 6.87. The van der Waals surface area contributed by atoms with Gasteiger partial charge in [-0.1, -0.05) is 45.0 Å². The fraction of sp³-hybridized carbons (Fsp3) is 0.333. The highest BCUT2D eigenvalue weighted by molar-refractivity contribution is 7.92. The van der Waals surface area contributed by atoms with Crippen LogP contribution >= 0.6 is 0 Å². The number of aliphatic hydroxyl groups is 1. The Morgan fingerprint density at radius 3 is 2.11 bits per heavy atom. The first-order chi connectivity index (χ1) is 17.3. The first-order valence-electron chi connectivity index (χ1n) is 11.1. The monoisotopic (exact) mass is 551 g/mol. The molecule has 1 aromatic heterocycles. The number of anilines is 1. The molecule has 0 unspecified atom stereocenters. The molecule has 13 heteroatoms. The highest BCUT2D eigenvalue weighted by Gasteiger charge is 2.27. The van der Waals surface area contributed by atoms with Crippen LogP contribution in [0.3, 0.4) is 0 Å². The average molecular weight is 552 g/mol. The molecular weight excluding hydrogens is 522 g/mol. The zero-order valence-electron chi connectivity index (χ0n) is 21.0. The zero-order chi connectivity index (χ0) is 27.4. The summed E-state index contributed by atoms with van der Waals surface area (Å²) in [6.45, 7) is 5.30. The number of methoxy groups -OCH3 is 1. The highest BCUT2D eigenvalue weighted by atomic mass is 32.2. The molecule has 0 amide bonds. The van der Waals surface area contributed by atoms with Gasteiger partial charge in [0.2, 0.25) is 15.6 Å². The molecule has 1 heterocycles. The Balaban J connectivity index is 2.17. The molecule has 0 saturated carbocycles. The van der Waals surface area contributed by atoms with Crippen LogP contribution in [0.15, 0.2) is 58.6 Å². The number of hydrogen-bond acceptors (Lipinski definition) is 10. The maximum absolute atomic E-state index is 13.3. The highest BCUT2D eigenvalue weighted by Crippen LogP contribution is 2.41. The van der Waals surface area contributed by atoms with Crippen LogP contribution in [0, 0.1) is 0 Å². The van der Waals surface area contributed by atoms with Crippen molar-refractivity contribution in [1.29, 1.82) is 0 Å². The molecule has 0 bridgehead atoms. The third-order valence-corrected chi connectivity index (χ3v) is 7.22. The molecule has 0 aliphatic rings. The van der Waals surface area contributed by atoms with Crippen LogP contribution in [0.5, 0.6) is 23.1 Å². The molecule has 3 aromatic rings. The normalized spacial score (nSPS) is 12.2. The topological polar surface area (TPSA) is 154 Å². The molecule has 0 atom stereocenters. The van der Waals surface area contributed by atoms with Gasteiger partial charge in [-0.25, -0.2) is 16.8 Å². The summed E-state index contributed by atoms with van der Waals surface area (Å²) < 4.78 is 70.0. The Morgan fingerprint density at radius 1 is 0.946 bits per heavy atom. The lowest BCUT2D eigenvalue weighted by Gasteiger charge is -2.20. The number of rotatable bonds is 10. The van der Waals surface area contributed by atoms with Gasteiger partial charge in [0.1, 0.15) is 6.61 Å². The molecule has 0 saturated heterocycles. The lowest BCUT2D eigenvalue weighted by molar-refractivity contribution is 0.191. The van der Waals surface area contributed by atoms with Crippen molar-refractivity contribution in [3.8, 4) is 23.1 Å². The van der Waals surface area contributed by atoms with Crippen molar-refractivity contribution < 1.29 is 36.2 Å². The van der Waals surface area contributed by atoms with Gasteiger partial charge in [0, 0.05) is 6.26 Å². The average Bonchev–Trinajstić information content (AvgIpc) is 2.83. The van der Waals surface area contributed by atoms with Crippen LogP contribution in [-0.2, 0) is 25.3 Å². The van der Waals surface area contributed by atoms with Crippen LogP contribution in [0.2, 0.25) is 0 Å². The summed E-state index contributed by atoms with van der Waals surface area (Å²) in [5.74, 6) is -0.732. The lowest BCUT2D eigenvalue weighted by Crippen LogP contribution is -2.18. The molecule has 2 aromatic carbocycles. The minimum Gasteiger partial charge on any atom is -0.493 e. The number of sulfonamides is 1. The molecule has 0 aliphatic carbocycles. The Labute approximate surface area is 216 Å². The van der Waals surface area contributed by atoms with Gasteiger partial charge in [-0.05, 0) is 35.2 Å². The number of sulfone groups is 1. The quantitative estimate of drug-likeness (QED) is 0.359. The summed E-state index contributed by atoms with van der Waals surface area (Å²) in [6, 6.07) is 12.8. The second-order valence-electron chi connectivity index (χ2n) is 8.97. The Kier molecular flexibility index (Phi) is 8.30. The first-order valence-corrected chi connectivity index (χ1v) is 14.4. The standard InChI is InChI=1S/C24H29N3O8S2/c1-24(2,3)16-10-12-17(13-11-16)37(31,32)27-21-20(35-19-9-7-6-8-18(19)33-4)22(34-15-14-28)26-23(25-21)36(5,29)30/h6-13,28H,14-15H2,1-5H3,(H,25,26,27). The van der Waals surface area contributed by atoms with E-state index in [0.29, 0.717) is 5.75 Å². The Morgan fingerprint density at radius 2 is 1.57 bits per heavy atom. The number of hydrogen-bond donors (Lipinski definition) is 2. The van der Waals surface area contributed by atoms with Crippen molar-refractivity contribution in [3.05, 3.63) is 54.1 Å². The molecule has 11 nitrogen and oxygen atoms in total. The minimum absolute atomic E-state index is 0.0823.